The normalized spacial score (nSPS) is 15.4. The highest BCUT2D eigenvalue weighted by molar-refractivity contribution is 6.04. The first-order valence-electron chi connectivity index (χ1n) is 8.60. The molecule has 1 aliphatic carbocycles. The molecule has 4 nitrogen and oxygen atoms in total. The molecular weight excluding hydrogens is 324 g/mol. The van der Waals surface area contributed by atoms with Gasteiger partial charge in [-0.2, -0.15) is 0 Å². The Morgan fingerprint density at radius 1 is 0.960 bits per heavy atom. The minimum atomic E-state index is -1.00. The molecule has 6 heteroatoms. The van der Waals surface area contributed by atoms with Gasteiger partial charge in [0, 0.05) is 30.2 Å². The summed E-state index contributed by atoms with van der Waals surface area (Å²) in [6.07, 6.45) is 10.3. The van der Waals surface area contributed by atoms with Crippen LogP contribution in [-0.2, 0) is 0 Å². The molecule has 1 fully saturated rings. The number of halogens is 2. The van der Waals surface area contributed by atoms with Gasteiger partial charge in [-0.15, -0.1) is 0 Å². The molecule has 1 aromatic carbocycles. The molecule has 1 amide bonds. The number of benzene rings is 1. The van der Waals surface area contributed by atoms with E-state index in [0.717, 1.165) is 30.7 Å². The highest BCUT2D eigenvalue weighted by Gasteiger charge is 2.14. The van der Waals surface area contributed by atoms with Crippen LogP contribution in [0.2, 0.25) is 0 Å². The molecule has 1 saturated carbocycles. The second-order valence-corrected chi connectivity index (χ2v) is 6.38. The average molecular weight is 345 g/mol. The number of aromatic nitrogens is 1. The second-order valence-electron chi connectivity index (χ2n) is 6.38. The van der Waals surface area contributed by atoms with Gasteiger partial charge in [0.1, 0.15) is 0 Å². The van der Waals surface area contributed by atoms with Crippen LogP contribution in [0, 0.1) is 11.6 Å². The smallest absolute Gasteiger partial charge is 0.257 e. The molecule has 0 spiro atoms. The number of carbonyl (C=O) groups is 1. The molecule has 2 aromatic rings. The van der Waals surface area contributed by atoms with Crippen molar-refractivity contribution in [3.8, 4) is 0 Å². The molecule has 1 aliphatic rings. The molecule has 1 aromatic heterocycles. The first kappa shape index (κ1) is 17.3. The van der Waals surface area contributed by atoms with Crippen LogP contribution in [0.5, 0.6) is 0 Å². The summed E-state index contributed by atoms with van der Waals surface area (Å²) >= 11 is 0. The fraction of sp³-hybridized carbons (Fsp3) is 0.368. The number of nitrogens with one attached hydrogen (secondary N) is 2. The zero-order valence-electron chi connectivity index (χ0n) is 13.9. The number of hydrogen-bond acceptors (Lipinski definition) is 3. The van der Waals surface area contributed by atoms with Gasteiger partial charge in [0.05, 0.1) is 11.3 Å². The van der Waals surface area contributed by atoms with Gasteiger partial charge in [0.25, 0.3) is 5.91 Å². The van der Waals surface area contributed by atoms with Crippen LogP contribution < -0.4 is 10.6 Å². The number of anilines is 2. The maximum atomic E-state index is 13.2. The second kappa shape index (κ2) is 8.05. The summed E-state index contributed by atoms with van der Waals surface area (Å²) < 4.78 is 26.2. The van der Waals surface area contributed by atoms with E-state index in [9.17, 15) is 13.6 Å². The first-order valence-corrected chi connectivity index (χ1v) is 8.60. The summed E-state index contributed by atoms with van der Waals surface area (Å²) in [7, 11) is 0. The van der Waals surface area contributed by atoms with E-state index < -0.39 is 17.5 Å². The monoisotopic (exact) mass is 345 g/mol. The number of amides is 1. The first-order chi connectivity index (χ1) is 12.1. The predicted octanol–water partition coefficient (Wildman–Crippen LogP) is 4.75. The van der Waals surface area contributed by atoms with Crippen molar-refractivity contribution < 1.29 is 13.6 Å². The quantitative estimate of drug-likeness (QED) is 0.787. The largest absolute Gasteiger partial charge is 0.381 e. The molecule has 0 atom stereocenters. The predicted molar refractivity (Wildman–Crippen MR) is 93.7 cm³/mol. The van der Waals surface area contributed by atoms with Gasteiger partial charge in [-0.1, -0.05) is 25.7 Å². The molecule has 25 heavy (non-hydrogen) atoms. The molecule has 0 unspecified atom stereocenters. The molecule has 1 heterocycles. The summed E-state index contributed by atoms with van der Waals surface area (Å²) in [5.74, 6) is -2.36. The number of carbonyl (C=O) groups excluding carboxylic acids is 1. The topological polar surface area (TPSA) is 54.0 Å². The number of hydrogen-bond donors (Lipinski definition) is 2. The molecular formula is C19H21F2N3O. The fourth-order valence-corrected chi connectivity index (χ4v) is 3.08. The highest BCUT2D eigenvalue weighted by atomic mass is 19.2. The van der Waals surface area contributed by atoms with Crippen molar-refractivity contribution in [1.29, 1.82) is 0 Å². The summed E-state index contributed by atoms with van der Waals surface area (Å²) in [6.45, 7) is 0. The lowest BCUT2D eigenvalue weighted by Crippen LogP contribution is -2.19. The lowest BCUT2D eigenvalue weighted by Gasteiger charge is -2.17. The van der Waals surface area contributed by atoms with Crippen molar-refractivity contribution in [2.24, 2.45) is 0 Å². The van der Waals surface area contributed by atoms with Gasteiger partial charge < -0.3 is 10.6 Å². The molecule has 3 rings (SSSR count). The van der Waals surface area contributed by atoms with Gasteiger partial charge in [-0.25, -0.2) is 8.78 Å². The third kappa shape index (κ3) is 4.75. The molecule has 0 radical (unpaired) electrons. The Kier molecular flexibility index (Phi) is 5.58. The molecule has 0 aliphatic heterocycles. The minimum Gasteiger partial charge on any atom is -0.381 e. The van der Waals surface area contributed by atoms with E-state index in [0.29, 0.717) is 11.6 Å². The van der Waals surface area contributed by atoms with Crippen LogP contribution in [0.25, 0.3) is 0 Å². The maximum Gasteiger partial charge on any atom is 0.257 e. The van der Waals surface area contributed by atoms with Crippen molar-refractivity contribution in [3.05, 3.63) is 53.9 Å². The Labute approximate surface area is 145 Å². The Bertz CT molecular complexity index is 743. The molecule has 0 saturated heterocycles. The Morgan fingerprint density at radius 3 is 2.44 bits per heavy atom. The third-order valence-corrected chi connectivity index (χ3v) is 4.40. The van der Waals surface area contributed by atoms with Crippen LogP contribution in [0.4, 0.5) is 20.2 Å². The Morgan fingerprint density at radius 2 is 1.72 bits per heavy atom. The lowest BCUT2D eigenvalue weighted by molar-refractivity contribution is 0.102. The summed E-state index contributed by atoms with van der Waals surface area (Å²) in [6, 6.07) is 5.38. The Balaban J connectivity index is 1.67. The molecule has 2 N–H and O–H groups in total. The Hall–Kier alpha value is -2.50. The van der Waals surface area contributed by atoms with E-state index in [1.165, 1.54) is 37.9 Å². The summed E-state index contributed by atoms with van der Waals surface area (Å²) in [5.41, 5.74) is 1.36. The number of pyridine rings is 1. The van der Waals surface area contributed by atoms with Gasteiger partial charge in [0.15, 0.2) is 11.6 Å². The van der Waals surface area contributed by atoms with E-state index in [-0.39, 0.29) is 5.69 Å². The average Bonchev–Trinajstić information content (AvgIpc) is 2.87. The standard InChI is InChI=1S/C19H21F2N3O/c20-17-8-7-15(10-18(17)21)24-19(25)13-9-16(12-22-11-13)23-14-5-3-1-2-4-6-14/h7-12,14,23H,1-6H2,(H,24,25). The van der Waals surface area contributed by atoms with Crippen LogP contribution in [0.3, 0.4) is 0 Å². The van der Waals surface area contributed by atoms with Gasteiger partial charge in [-0.3, -0.25) is 9.78 Å². The van der Waals surface area contributed by atoms with E-state index >= 15 is 0 Å². The SMILES string of the molecule is O=C(Nc1ccc(F)c(F)c1)c1cncc(NC2CCCCCC2)c1. The van der Waals surface area contributed by atoms with E-state index in [2.05, 4.69) is 15.6 Å². The van der Waals surface area contributed by atoms with Crippen molar-refractivity contribution >= 4 is 17.3 Å². The van der Waals surface area contributed by atoms with Crippen molar-refractivity contribution in [2.45, 2.75) is 44.6 Å². The fourth-order valence-electron chi connectivity index (χ4n) is 3.08. The van der Waals surface area contributed by atoms with Crippen molar-refractivity contribution in [3.63, 3.8) is 0 Å². The van der Waals surface area contributed by atoms with Crippen LogP contribution >= 0.6 is 0 Å². The highest BCUT2D eigenvalue weighted by Crippen LogP contribution is 2.21. The molecule has 132 valence electrons. The number of nitrogens with zero attached hydrogens (tertiary/aromatic N) is 1. The zero-order chi connectivity index (χ0) is 17.6. The maximum absolute atomic E-state index is 13.2. The summed E-state index contributed by atoms with van der Waals surface area (Å²) in [5, 5.41) is 6.00. The van der Waals surface area contributed by atoms with Gasteiger partial charge in [0.2, 0.25) is 0 Å². The lowest BCUT2D eigenvalue weighted by atomic mass is 10.1. The zero-order valence-corrected chi connectivity index (χ0v) is 13.9. The summed E-state index contributed by atoms with van der Waals surface area (Å²) in [4.78, 5) is 16.4. The minimum absolute atomic E-state index is 0.200. The van der Waals surface area contributed by atoms with E-state index in [1.807, 2.05) is 0 Å². The van der Waals surface area contributed by atoms with Crippen molar-refractivity contribution in [1.82, 2.24) is 4.98 Å². The van der Waals surface area contributed by atoms with Crippen molar-refractivity contribution in [2.75, 3.05) is 10.6 Å². The van der Waals surface area contributed by atoms with E-state index in [1.54, 1.807) is 12.3 Å². The van der Waals surface area contributed by atoms with Crippen LogP contribution in [0.15, 0.2) is 36.7 Å². The third-order valence-electron chi connectivity index (χ3n) is 4.40. The van der Waals surface area contributed by atoms with Crippen LogP contribution in [-0.4, -0.2) is 16.9 Å². The van der Waals surface area contributed by atoms with Gasteiger partial charge >= 0.3 is 0 Å². The number of rotatable bonds is 4. The van der Waals surface area contributed by atoms with Crippen LogP contribution in [0.1, 0.15) is 48.9 Å². The van der Waals surface area contributed by atoms with E-state index in [4.69, 9.17) is 0 Å². The van der Waals surface area contributed by atoms with Gasteiger partial charge in [-0.05, 0) is 31.0 Å². The molecule has 0 bridgehead atoms.